The Morgan fingerprint density at radius 1 is 1.23 bits per heavy atom. The normalized spacial score (nSPS) is 17.9. The molecule has 2 aliphatic carbocycles. The minimum absolute atomic E-state index is 0.111. The van der Waals surface area contributed by atoms with E-state index in [9.17, 15) is 26.4 Å². The molecule has 2 aliphatic rings. The SMILES string of the molecule is CSc1cnc2c(c1)c(C(N)=O)c(-c1ccc(S(=O)(=O)NC3(C(F)(F)F)CC3)cc1)n2C1CCC1. The van der Waals surface area contributed by atoms with Crippen LogP contribution >= 0.6 is 11.8 Å². The lowest BCUT2D eigenvalue weighted by atomic mass is 9.92. The Hall–Kier alpha value is -2.57. The summed E-state index contributed by atoms with van der Waals surface area (Å²) in [6, 6.07) is 7.46. The topological polar surface area (TPSA) is 107 Å². The van der Waals surface area contributed by atoms with E-state index in [1.54, 1.807) is 6.20 Å². The fourth-order valence-corrected chi connectivity index (χ4v) is 6.33. The molecule has 1 aromatic carbocycles. The average Bonchev–Trinajstić information content (AvgIpc) is 3.47. The predicted molar refractivity (Wildman–Crippen MR) is 127 cm³/mol. The molecule has 1 amide bonds. The number of carbonyl (C=O) groups is 1. The second-order valence-electron chi connectivity index (χ2n) is 9.00. The number of alkyl halides is 3. The van der Waals surface area contributed by atoms with Crippen molar-refractivity contribution in [2.75, 3.05) is 6.26 Å². The minimum atomic E-state index is -4.66. The highest BCUT2D eigenvalue weighted by atomic mass is 32.2. The first-order chi connectivity index (χ1) is 16.5. The van der Waals surface area contributed by atoms with Crippen LogP contribution in [0.2, 0.25) is 0 Å². The van der Waals surface area contributed by atoms with Gasteiger partial charge in [-0.3, -0.25) is 4.79 Å². The van der Waals surface area contributed by atoms with Crippen molar-refractivity contribution in [1.82, 2.24) is 14.3 Å². The molecule has 0 atom stereocenters. The number of sulfonamides is 1. The number of nitrogens with two attached hydrogens (primary N) is 1. The summed E-state index contributed by atoms with van der Waals surface area (Å²) in [7, 11) is -4.40. The first kappa shape index (κ1) is 24.1. The Morgan fingerprint density at radius 3 is 2.37 bits per heavy atom. The molecule has 35 heavy (non-hydrogen) atoms. The number of rotatable bonds is 7. The third kappa shape index (κ3) is 4.01. The summed E-state index contributed by atoms with van der Waals surface area (Å²) < 4.78 is 69.0. The number of aromatic nitrogens is 2. The van der Waals surface area contributed by atoms with Crippen molar-refractivity contribution >= 4 is 38.7 Å². The van der Waals surface area contributed by atoms with Gasteiger partial charge in [-0.25, -0.2) is 13.4 Å². The summed E-state index contributed by atoms with van der Waals surface area (Å²) in [4.78, 5) is 17.8. The van der Waals surface area contributed by atoms with Crippen LogP contribution in [0.3, 0.4) is 0 Å². The quantitative estimate of drug-likeness (QED) is 0.439. The number of fused-ring (bicyclic) bond motifs is 1. The molecule has 3 aromatic rings. The average molecular weight is 525 g/mol. The van der Waals surface area contributed by atoms with Gasteiger partial charge in [0, 0.05) is 22.5 Å². The minimum Gasteiger partial charge on any atom is -0.366 e. The maximum Gasteiger partial charge on any atom is 0.407 e. The fraction of sp³-hybridized carbons (Fsp3) is 0.391. The molecule has 7 nitrogen and oxygen atoms in total. The summed E-state index contributed by atoms with van der Waals surface area (Å²) in [5, 5.41) is 0.616. The van der Waals surface area contributed by atoms with E-state index in [2.05, 4.69) is 4.98 Å². The summed E-state index contributed by atoms with van der Waals surface area (Å²) in [6.45, 7) is 0. The molecular formula is C23H23F3N4O3S2. The van der Waals surface area contributed by atoms with Crippen LogP contribution in [0.15, 0.2) is 46.3 Å². The van der Waals surface area contributed by atoms with Gasteiger partial charge in [-0.15, -0.1) is 11.8 Å². The number of carbonyl (C=O) groups excluding carboxylic acids is 1. The molecule has 3 N–H and O–H groups in total. The van der Waals surface area contributed by atoms with E-state index in [1.807, 2.05) is 21.6 Å². The van der Waals surface area contributed by atoms with E-state index >= 15 is 0 Å². The highest BCUT2D eigenvalue weighted by Crippen LogP contribution is 2.50. The summed E-state index contributed by atoms with van der Waals surface area (Å²) >= 11 is 1.48. The van der Waals surface area contributed by atoms with Crippen LogP contribution in [0.1, 0.15) is 48.5 Å². The molecule has 2 aromatic heterocycles. The summed E-state index contributed by atoms with van der Waals surface area (Å²) in [5.74, 6) is -0.637. The molecule has 2 heterocycles. The van der Waals surface area contributed by atoms with Crippen LogP contribution in [0.25, 0.3) is 22.3 Å². The zero-order valence-corrected chi connectivity index (χ0v) is 20.4. The molecule has 0 bridgehead atoms. The van der Waals surface area contributed by atoms with Crippen molar-refractivity contribution in [2.24, 2.45) is 5.73 Å². The molecule has 0 saturated heterocycles. The maximum atomic E-state index is 13.3. The van der Waals surface area contributed by atoms with Gasteiger partial charge in [0.1, 0.15) is 11.2 Å². The van der Waals surface area contributed by atoms with Gasteiger partial charge in [-0.05, 0) is 62.1 Å². The van der Waals surface area contributed by atoms with Crippen LogP contribution in [0.5, 0.6) is 0 Å². The Bertz CT molecular complexity index is 1420. The molecule has 186 valence electrons. The van der Waals surface area contributed by atoms with Gasteiger partial charge < -0.3 is 10.3 Å². The Balaban J connectivity index is 1.60. The van der Waals surface area contributed by atoms with Crippen LogP contribution in [0.4, 0.5) is 13.2 Å². The third-order valence-corrected chi connectivity index (χ3v) is 9.05. The monoisotopic (exact) mass is 524 g/mol. The lowest BCUT2D eigenvalue weighted by molar-refractivity contribution is -0.160. The molecule has 0 aliphatic heterocycles. The number of thioether (sulfide) groups is 1. The molecule has 2 fully saturated rings. The number of primary amides is 1. The van der Waals surface area contributed by atoms with Gasteiger partial charge >= 0.3 is 6.18 Å². The van der Waals surface area contributed by atoms with Crippen molar-refractivity contribution in [3.05, 3.63) is 42.1 Å². The zero-order valence-electron chi connectivity index (χ0n) is 18.7. The smallest absolute Gasteiger partial charge is 0.366 e. The maximum absolute atomic E-state index is 13.3. The number of hydrogen-bond acceptors (Lipinski definition) is 5. The van der Waals surface area contributed by atoms with Crippen molar-refractivity contribution in [1.29, 1.82) is 0 Å². The Morgan fingerprint density at radius 2 is 1.89 bits per heavy atom. The van der Waals surface area contributed by atoms with Gasteiger partial charge in [0.15, 0.2) is 0 Å². The van der Waals surface area contributed by atoms with E-state index in [0.29, 0.717) is 22.3 Å². The molecule has 0 spiro atoms. The fourth-order valence-electron chi connectivity index (χ4n) is 4.49. The van der Waals surface area contributed by atoms with Crippen LogP contribution in [-0.2, 0) is 10.0 Å². The number of amides is 1. The summed E-state index contributed by atoms with van der Waals surface area (Å²) in [5.41, 5.74) is 5.38. The standard InChI is InChI=1S/C23H23F3N4O3S2/c1-34-15-11-17-18(20(27)31)19(30(14-3-2-4-14)21(17)28-12-15)13-5-7-16(8-6-13)35(32,33)29-22(9-10-22)23(24,25)26/h5-8,11-12,14,29H,2-4,9-10H2,1H3,(H2,27,31). The van der Waals surface area contributed by atoms with Crippen molar-refractivity contribution in [3.8, 4) is 11.3 Å². The van der Waals surface area contributed by atoms with Gasteiger partial charge in [0.2, 0.25) is 10.0 Å². The van der Waals surface area contributed by atoms with Crippen molar-refractivity contribution in [3.63, 3.8) is 0 Å². The first-order valence-electron chi connectivity index (χ1n) is 11.1. The molecule has 5 rings (SSSR count). The largest absolute Gasteiger partial charge is 0.407 e. The van der Waals surface area contributed by atoms with Crippen LogP contribution in [0, 0.1) is 0 Å². The second-order valence-corrected chi connectivity index (χ2v) is 11.6. The van der Waals surface area contributed by atoms with E-state index < -0.39 is 27.6 Å². The van der Waals surface area contributed by atoms with Gasteiger partial charge in [-0.1, -0.05) is 12.1 Å². The Labute approximate surface area is 204 Å². The van der Waals surface area contributed by atoms with Crippen molar-refractivity contribution < 1.29 is 26.4 Å². The van der Waals surface area contributed by atoms with E-state index in [1.165, 1.54) is 36.0 Å². The predicted octanol–water partition coefficient (Wildman–Crippen LogP) is 4.62. The van der Waals surface area contributed by atoms with Crippen LogP contribution < -0.4 is 10.5 Å². The van der Waals surface area contributed by atoms with Gasteiger partial charge in [0.05, 0.1) is 16.2 Å². The van der Waals surface area contributed by atoms with Gasteiger partial charge in [0.25, 0.3) is 5.91 Å². The highest BCUT2D eigenvalue weighted by molar-refractivity contribution is 7.98. The Kier molecular flexibility index (Phi) is 5.68. The lowest BCUT2D eigenvalue weighted by Gasteiger charge is -2.30. The number of nitrogens with one attached hydrogen (secondary N) is 1. The summed E-state index contributed by atoms with van der Waals surface area (Å²) in [6.07, 6.45) is 1.21. The number of pyridine rings is 1. The first-order valence-corrected chi connectivity index (χ1v) is 13.8. The van der Waals surface area contributed by atoms with Crippen molar-refractivity contribution in [2.45, 2.75) is 59.7 Å². The molecule has 12 heteroatoms. The highest BCUT2D eigenvalue weighted by Gasteiger charge is 2.65. The number of benzene rings is 1. The lowest BCUT2D eigenvalue weighted by Crippen LogP contribution is -2.47. The zero-order chi connectivity index (χ0) is 25.2. The van der Waals surface area contributed by atoms with Crippen LogP contribution in [-0.4, -0.2) is 41.8 Å². The number of halogens is 3. The van der Waals surface area contributed by atoms with E-state index in [-0.39, 0.29) is 29.3 Å². The number of hydrogen-bond donors (Lipinski definition) is 2. The second kappa shape index (κ2) is 8.24. The van der Waals surface area contributed by atoms with Gasteiger partial charge in [-0.2, -0.15) is 17.9 Å². The van der Waals surface area contributed by atoms with E-state index in [0.717, 1.165) is 24.2 Å². The molecular weight excluding hydrogens is 501 g/mol. The molecule has 0 radical (unpaired) electrons. The number of nitrogens with zero attached hydrogens (tertiary/aromatic N) is 2. The molecule has 0 unspecified atom stereocenters. The molecule has 2 saturated carbocycles. The van der Waals surface area contributed by atoms with E-state index in [4.69, 9.17) is 5.73 Å². The third-order valence-electron chi connectivity index (χ3n) is 6.80.